The number of carbonyl (C=O) groups excluding carboxylic acids is 2. The molecule has 1 N–H and O–H groups in total. The molecule has 0 fully saturated rings. The van der Waals surface area contributed by atoms with Crippen molar-refractivity contribution in [3.63, 3.8) is 0 Å². The van der Waals surface area contributed by atoms with Crippen LogP contribution in [0.5, 0.6) is 5.75 Å². The van der Waals surface area contributed by atoms with Gasteiger partial charge >= 0.3 is 0 Å². The summed E-state index contributed by atoms with van der Waals surface area (Å²) in [5.41, 5.74) is 3.98. The maximum absolute atomic E-state index is 13.0. The lowest BCUT2D eigenvalue weighted by molar-refractivity contribution is -0.136. The first-order valence-corrected chi connectivity index (χ1v) is 9.14. The van der Waals surface area contributed by atoms with E-state index in [0.717, 1.165) is 11.1 Å². The Balaban J connectivity index is 2.09. The first kappa shape index (κ1) is 19.7. The number of halogens is 1. The van der Waals surface area contributed by atoms with Crippen LogP contribution in [0.3, 0.4) is 0 Å². The second-order valence-corrected chi connectivity index (χ2v) is 6.94. The molecule has 6 heteroatoms. The molecule has 0 unspecified atom stereocenters. The fourth-order valence-corrected chi connectivity index (χ4v) is 3.30. The number of ether oxygens (including phenoxy) is 1. The van der Waals surface area contributed by atoms with Crippen molar-refractivity contribution in [3.8, 4) is 5.75 Å². The Labute approximate surface area is 169 Å². The van der Waals surface area contributed by atoms with Crippen molar-refractivity contribution in [2.45, 2.75) is 13.8 Å². The van der Waals surface area contributed by atoms with Gasteiger partial charge in [0.1, 0.15) is 11.4 Å². The summed E-state index contributed by atoms with van der Waals surface area (Å²) in [7, 11) is 1.53. The zero-order valence-corrected chi connectivity index (χ0v) is 16.8. The third-order valence-electron chi connectivity index (χ3n) is 4.70. The van der Waals surface area contributed by atoms with Crippen molar-refractivity contribution in [1.82, 2.24) is 4.90 Å². The molecule has 28 heavy (non-hydrogen) atoms. The number of amides is 2. The van der Waals surface area contributed by atoms with Gasteiger partial charge in [0.25, 0.3) is 11.8 Å². The second-order valence-electron chi connectivity index (χ2n) is 6.53. The average molecular weight is 397 g/mol. The lowest BCUT2D eigenvalue weighted by Crippen LogP contribution is -2.32. The minimum Gasteiger partial charge on any atom is -0.495 e. The molecule has 0 atom stereocenters. The molecule has 0 saturated heterocycles. The van der Waals surface area contributed by atoms with E-state index in [-0.39, 0.29) is 18.1 Å². The second kappa shape index (κ2) is 7.90. The van der Waals surface area contributed by atoms with Gasteiger partial charge in [-0.2, -0.15) is 0 Å². The van der Waals surface area contributed by atoms with Gasteiger partial charge in [0, 0.05) is 12.2 Å². The van der Waals surface area contributed by atoms with E-state index in [2.05, 4.69) is 11.9 Å². The number of hydrogen-bond donors (Lipinski definition) is 1. The van der Waals surface area contributed by atoms with E-state index in [1.54, 1.807) is 18.2 Å². The molecular formula is C22H21ClN2O3. The van der Waals surface area contributed by atoms with Crippen LogP contribution in [0.15, 0.2) is 54.8 Å². The summed E-state index contributed by atoms with van der Waals surface area (Å²) < 4.78 is 5.16. The quantitative estimate of drug-likeness (QED) is 0.582. The van der Waals surface area contributed by atoms with Gasteiger partial charge < -0.3 is 10.1 Å². The van der Waals surface area contributed by atoms with Gasteiger partial charge in [-0.3, -0.25) is 14.5 Å². The average Bonchev–Trinajstić information content (AvgIpc) is 2.89. The van der Waals surface area contributed by atoms with Gasteiger partial charge in [0.2, 0.25) is 0 Å². The van der Waals surface area contributed by atoms with Crippen LogP contribution < -0.4 is 10.1 Å². The largest absolute Gasteiger partial charge is 0.495 e. The van der Waals surface area contributed by atoms with Crippen LogP contribution in [0, 0.1) is 13.8 Å². The molecule has 1 aliphatic heterocycles. The Bertz CT molecular complexity index is 1010. The highest BCUT2D eigenvalue weighted by Gasteiger charge is 2.38. The zero-order chi connectivity index (χ0) is 20.4. The molecule has 5 nitrogen and oxygen atoms in total. The molecule has 1 heterocycles. The van der Waals surface area contributed by atoms with E-state index in [0.29, 0.717) is 27.6 Å². The normalized spacial score (nSPS) is 13.9. The van der Waals surface area contributed by atoms with E-state index < -0.39 is 5.91 Å². The summed E-state index contributed by atoms with van der Waals surface area (Å²) >= 11 is 6.19. The number of hydrogen-bond acceptors (Lipinski definition) is 4. The third-order valence-corrected chi connectivity index (χ3v) is 4.99. The summed E-state index contributed by atoms with van der Waals surface area (Å²) in [6.07, 6.45) is 1.53. The molecule has 0 aliphatic carbocycles. The predicted octanol–water partition coefficient (Wildman–Crippen LogP) is 4.34. The first-order chi connectivity index (χ1) is 13.4. The summed E-state index contributed by atoms with van der Waals surface area (Å²) in [5.74, 6) is -0.224. The lowest BCUT2D eigenvalue weighted by atomic mass is 9.99. The van der Waals surface area contributed by atoms with E-state index in [1.807, 2.05) is 32.0 Å². The van der Waals surface area contributed by atoms with Crippen molar-refractivity contribution in [2.75, 3.05) is 19.0 Å². The molecule has 0 saturated carbocycles. The maximum Gasteiger partial charge on any atom is 0.278 e. The summed E-state index contributed by atoms with van der Waals surface area (Å²) in [4.78, 5) is 27.1. The molecule has 2 aromatic carbocycles. The standard InChI is InChI=1S/C22H21ClN2O3/c1-5-10-25-21(26)19(15-7-6-13(2)14(3)11-15)20(22(25)27)24-16-8-9-18(28-4)17(23)12-16/h5-9,11-12,24H,1,10H2,2-4H3. The summed E-state index contributed by atoms with van der Waals surface area (Å²) in [6, 6.07) is 10.8. The topological polar surface area (TPSA) is 58.6 Å². The fraction of sp³-hybridized carbons (Fsp3) is 0.182. The number of anilines is 1. The van der Waals surface area contributed by atoms with Crippen molar-refractivity contribution in [1.29, 1.82) is 0 Å². The Kier molecular flexibility index (Phi) is 5.56. The van der Waals surface area contributed by atoms with Crippen LogP contribution in [-0.2, 0) is 9.59 Å². The number of methoxy groups -OCH3 is 1. The summed E-state index contributed by atoms with van der Waals surface area (Å²) in [5, 5.41) is 3.48. The number of benzene rings is 2. The molecule has 0 radical (unpaired) electrons. The molecular weight excluding hydrogens is 376 g/mol. The van der Waals surface area contributed by atoms with Gasteiger partial charge in [0.15, 0.2) is 0 Å². The van der Waals surface area contributed by atoms with Gasteiger partial charge in [-0.05, 0) is 48.7 Å². The van der Waals surface area contributed by atoms with Gasteiger partial charge in [-0.15, -0.1) is 6.58 Å². The van der Waals surface area contributed by atoms with Crippen LogP contribution in [0.1, 0.15) is 16.7 Å². The number of imide groups is 1. The smallest absolute Gasteiger partial charge is 0.278 e. The van der Waals surface area contributed by atoms with Gasteiger partial charge in [0.05, 0.1) is 17.7 Å². The molecule has 0 aromatic heterocycles. The molecule has 2 aromatic rings. The monoisotopic (exact) mass is 396 g/mol. The SMILES string of the molecule is C=CCN1C(=O)C(Nc2ccc(OC)c(Cl)c2)=C(c2ccc(C)c(C)c2)C1=O. The molecule has 144 valence electrons. The van der Waals surface area contributed by atoms with E-state index in [1.165, 1.54) is 18.1 Å². The molecule has 0 bridgehead atoms. The van der Waals surface area contributed by atoms with E-state index in [9.17, 15) is 9.59 Å². The Morgan fingerprint density at radius 3 is 2.46 bits per heavy atom. The van der Waals surface area contributed by atoms with Crippen molar-refractivity contribution >= 4 is 34.7 Å². The number of nitrogens with zero attached hydrogens (tertiary/aromatic N) is 1. The third kappa shape index (κ3) is 3.53. The zero-order valence-electron chi connectivity index (χ0n) is 16.0. The van der Waals surface area contributed by atoms with Crippen LogP contribution in [0.4, 0.5) is 5.69 Å². The van der Waals surface area contributed by atoms with Crippen LogP contribution in [0.25, 0.3) is 5.57 Å². The predicted molar refractivity (Wildman–Crippen MR) is 111 cm³/mol. The Morgan fingerprint density at radius 2 is 1.86 bits per heavy atom. The van der Waals surface area contributed by atoms with Gasteiger partial charge in [-0.25, -0.2) is 0 Å². The number of nitrogens with one attached hydrogen (secondary N) is 1. The van der Waals surface area contributed by atoms with Crippen LogP contribution >= 0.6 is 11.6 Å². The Hall–Kier alpha value is -3.05. The Morgan fingerprint density at radius 1 is 1.11 bits per heavy atom. The van der Waals surface area contributed by atoms with Crippen LogP contribution in [0.2, 0.25) is 5.02 Å². The highest BCUT2D eigenvalue weighted by Crippen LogP contribution is 2.33. The number of aryl methyl sites for hydroxylation is 2. The van der Waals surface area contributed by atoms with Gasteiger partial charge in [-0.1, -0.05) is 35.9 Å². The molecule has 2 amide bonds. The lowest BCUT2D eigenvalue weighted by Gasteiger charge is -2.13. The summed E-state index contributed by atoms with van der Waals surface area (Å²) in [6.45, 7) is 7.75. The maximum atomic E-state index is 13.0. The van der Waals surface area contributed by atoms with Crippen molar-refractivity contribution < 1.29 is 14.3 Å². The fourth-order valence-electron chi connectivity index (χ4n) is 3.04. The van der Waals surface area contributed by atoms with Crippen LogP contribution in [-0.4, -0.2) is 30.4 Å². The minimum absolute atomic E-state index is 0.139. The number of carbonyl (C=O) groups is 2. The van der Waals surface area contributed by atoms with Crippen molar-refractivity contribution in [2.24, 2.45) is 0 Å². The highest BCUT2D eigenvalue weighted by molar-refractivity contribution is 6.36. The van der Waals surface area contributed by atoms with E-state index in [4.69, 9.17) is 16.3 Å². The van der Waals surface area contributed by atoms with E-state index >= 15 is 0 Å². The number of rotatable bonds is 6. The molecule has 3 rings (SSSR count). The molecule has 0 spiro atoms. The molecule has 1 aliphatic rings. The minimum atomic E-state index is -0.398. The first-order valence-electron chi connectivity index (χ1n) is 8.77. The highest BCUT2D eigenvalue weighted by atomic mass is 35.5. The van der Waals surface area contributed by atoms with Crippen molar-refractivity contribution in [3.05, 3.63) is 76.5 Å².